The van der Waals surface area contributed by atoms with Crippen LogP contribution in [-0.4, -0.2) is 12.7 Å². The van der Waals surface area contributed by atoms with Crippen LogP contribution < -0.4 is 0 Å². The van der Waals surface area contributed by atoms with Gasteiger partial charge < -0.3 is 4.74 Å². The molecule has 60 valence electrons. The maximum Gasteiger partial charge on any atom is 0.0601 e. The predicted octanol–water partition coefficient (Wildman–Crippen LogP) is 2.60. The number of rotatable bonds is 3. The first-order valence-electron chi connectivity index (χ1n) is 4.46. The van der Waals surface area contributed by atoms with Crippen molar-refractivity contribution < 1.29 is 4.74 Å². The Hall–Kier alpha value is -0.0400. The van der Waals surface area contributed by atoms with E-state index in [2.05, 4.69) is 13.8 Å². The molecule has 1 saturated heterocycles. The normalized spacial score (nSPS) is 33.0. The molecule has 0 N–H and O–H groups in total. The molecule has 1 rings (SSSR count). The summed E-state index contributed by atoms with van der Waals surface area (Å²) in [5.74, 6) is 0.812. The van der Waals surface area contributed by atoms with Gasteiger partial charge in [-0.25, -0.2) is 0 Å². The molecule has 0 spiro atoms. The third-order valence-electron chi connectivity index (χ3n) is 2.38. The Labute approximate surface area is 63.8 Å². The molecule has 2 atom stereocenters. The van der Waals surface area contributed by atoms with Gasteiger partial charge in [0.1, 0.15) is 0 Å². The average molecular weight is 142 g/mol. The molecule has 1 heteroatoms. The minimum Gasteiger partial charge on any atom is -0.378 e. The van der Waals surface area contributed by atoms with Crippen molar-refractivity contribution in [3.05, 3.63) is 0 Å². The molecule has 0 saturated carbocycles. The number of hydrogen-bond acceptors (Lipinski definition) is 1. The number of hydrogen-bond donors (Lipinski definition) is 0. The van der Waals surface area contributed by atoms with Crippen molar-refractivity contribution in [1.82, 2.24) is 0 Å². The summed E-state index contributed by atoms with van der Waals surface area (Å²) in [4.78, 5) is 0. The summed E-state index contributed by atoms with van der Waals surface area (Å²) >= 11 is 0. The van der Waals surface area contributed by atoms with Crippen LogP contribution >= 0.6 is 0 Å². The molecule has 1 fully saturated rings. The first-order valence-corrected chi connectivity index (χ1v) is 4.46. The molecule has 0 aromatic carbocycles. The van der Waals surface area contributed by atoms with Crippen molar-refractivity contribution in [2.24, 2.45) is 5.92 Å². The van der Waals surface area contributed by atoms with Crippen molar-refractivity contribution in [3.63, 3.8) is 0 Å². The van der Waals surface area contributed by atoms with Gasteiger partial charge in [-0.2, -0.15) is 0 Å². The Morgan fingerprint density at radius 1 is 1.50 bits per heavy atom. The molecule has 1 aliphatic heterocycles. The lowest BCUT2D eigenvalue weighted by Gasteiger charge is -2.12. The molecule has 0 radical (unpaired) electrons. The van der Waals surface area contributed by atoms with Gasteiger partial charge in [0, 0.05) is 6.61 Å². The minimum absolute atomic E-state index is 0.583. The summed E-state index contributed by atoms with van der Waals surface area (Å²) in [6.45, 7) is 5.53. The Morgan fingerprint density at radius 2 is 2.30 bits per heavy atom. The second-order valence-electron chi connectivity index (χ2n) is 3.32. The highest BCUT2D eigenvalue weighted by Gasteiger charge is 2.22. The smallest absolute Gasteiger partial charge is 0.0601 e. The van der Waals surface area contributed by atoms with Crippen LogP contribution in [0.2, 0.25) is 0 Å². The lowest BCUT2D eigenvalue weighted by Crippen LogP contribution is -2.12. The fourth-order valence-corrected chi connectivity index (χ4v) is 1.53. The van der Waals surface area contributed by atoms with Crippen molar-refractivity contribution >= 4 is 0 Å². The average Bonchev–Trinajstić information content (AvgIpc) is 2.31. The highest BCUT2D eigenvalue weighted by Crippen LogP contribution is 2.23. The van der Waals surface area contributed by atoms with E-state index in [1.54, 1.807) is 0 Å². The number of ether oxygens (including phenoxy) is 1. The molecule has 2 unspecified atom stereocenters. The van der Waals surface area contributed by atoms with Gasteiger partial charge in [0.15, 0.2) is 0 Å². The Bertz CT molecular complexity index is 90.7. The van der Waals surface area contributed by atoms with Gasteiger partial charge >= 0.3 is 0 Å². The molecule has 1 aliphatic rings. The summed E-state index contributed by atoms with van der Waals surface area (Å²) in [7, 11) is 0. The van der Waals surface area contributed by atoms with E-state index in [-0.39, 0.29) is 0 Å². The van der Waals surface area contributed by atoms with Gasteiger partial charge in [-0.15, -0.1) is 0 Å². The molecular weight excluding hydrogens is 124 g/mol. The van der Waals surface area contributed by atoms with Crippen LogP contribution in [0.5, 0.6) is 0 Å². The Kier molecular flexibility index (Phi) is 3.20. The monoisotopic (exact) mass is 142 g/mol. The van der Waals surface area contributed by atoms with Crippen LogP contribution in [0.4, 0.5) is 0 Å². The zero-order valence-electron chi connectivity index (χ0n) is 7.10. The molecule has 1 nitrogen and oxygen atoms in total. The van der Waals surface area contributed by atoms with Gasteiger partial charge in [-0.3, -0.25) is 0 Å². The topological polar surface area (TPSA) is 9.23 Å². The highest BCUT2D eigenvalue weighted by atomic mass is 16.5. The summed E-state index contributed by atoms with van der Waals surface area (Å²) in [6.07, 6.45) is 5.76. The highest BCUT2D eigenvalue weighted by molar-refractivity contribution is 4.71. The van der Waals surface area contributed by atoms with E-state index in [1.165, 1.54) is 25.7 Å². The van der Waals surface area contributed by atoms with E-state index in [0.29, 0.717) is 6.10 Å². The number of unbranched alkanes of at least 4 members (excludes halogenated alkanes) is 1. The lowest BCUT2D eigenvalue weighted by molar-refractivity contribution is 0.0852. The maximum atomic E-state index is 5.57. The van der Waals surface area contributed by atoms with E-state index in [9.17, 15) is 0 Å². The summed E-state index contributed by atoms with van der Waals surface area (Å²) in [5, 5.41) is 0. The third-order valence-corrected chi connectivity index (χ3v) is 2.38. The van der Waals surface area contributed by atoms with Gasteiger partial charge in [-0.1, -0.05) is 26.7 Å². The Balaban J connectivity index is 2.14. The fraction of sp³-hybridized carbons (Fsp3) is 1.00. The fourth-order valence-electron chi connectivity index (χ4n) is 1.53. The van der Waals surface area contributed by atoms with Gasteiger partial charge in [0.2, 0.25) is 0 Å². The van der Waals surface area contributed by atoms with Crippen molar-refractivity contribution in [1.29, 1.82) is 0 Å². The third kappa shape index (κ3) is 1.98. The maximum absolute atomic E-state index is 5.57. The SMILES string of the molecule is CCCCC1OCCC1C. The van der Waals surface area contributed by atoms with Crippen LogP contribution in [0.1, 0.15) is 39.5 Å². The second-order valence-corrected chi connectivity index (χ2v) is 3.32. The summed E-state index contributed by atoms with van der Waals surface area (Å²) < 4.78 is 5.57. The first kappa shape index (κ1) is 8.06. The Morgan fingerprint density at radius 3 is 2.80 bits per heavy atom. The second kappa shape index (κ2) is 3.97. The standard InChI is InChI=1S/C9H18O/c1-3-4-5-9-8(2)6-7-10-9/h8-9H,3-7H2,1-2H3. The van der Waals surface area contributed by atoms with E-state index < -0.39 is 0 Å². The van der Waals surface area contributed by atoms with Crippen LogP contribution in [-0.2, 0) is 4.74 Å². The summed E-state index contributed by atoms with van der Waals surface area (Å²) in [6, 6.07) is 0. The predicted molar refractivity (Wildman–Crippen MR) is 43.0 cm³/mol. The van der Waals surface area contributed by atoms with E-state index in [4.69, 9.17) is 4.74 Å². The van der Waals surface area contributed by atoms with E-state index >= 15 is 0 Å². The molecule has 10 heavy (non-hydrogen) atoms. The lowest BCUT2D eigenvalue weighted by atomic mass is 10.00. The quantitative estimate of drug-likeness (QED) is 0.588. The van der Waals surface area contributed by atoms with Gasteiger partial charge in [-0.05, 0) is 18.8 Å². The summed E-state index contributed by atoms with van der Waals surface area (Å²) in [5.41, 5.74) is 0. The largest absolute Gasteiger partial charge is 0.378 e. The molecule has 0 aromatic heterocycles. The van der Waals surface area contributed by atoms with Crippen LogP contribution in [0, 0.1) is 5.92 Å². The molecule has 0 aromatic rings. The first-order chi connectivity index (χ1) is 4.84. The molecule has 0 amide bonds. The van der Waals surface area contributed by atoms with Gasteiger partial charge in [0.05, 0.1) is 6.10 Å². The molecule has 1 heterocycles. The van der Waals surface area contributed by atoms with E-state index in [0.717, 1.165) is 12.5 Å². The zero-order valence-corrected chi connectivity index (χ0v) is 7.10. The van der Waals surface area contributed by atoms with E-state index in [1.807, 2.05) is 0 Å². The minimum atomic E-state index is 0.583. The van der Waals surface area contributed by atoms with Crippen molar-refractivity contribution in [2.45, 2.75) is 45.6 Å². The van der Waals surface area contributed by atoms with Crippen molar-refractivity contribution in [2.75, 3.05) is 6.61 Å². The van der Waals surface area contributed by atoms with Crippen LogP contribution in [0.15, 0.2) is 0 Å². The zero-order chi connectivity index (χ0) is 7.40. The van der Waals surface area contributed by atoms with Crippen LogP contribution in [0.25, 0.3) is 0 Å². The molecule has 0 bridgehead atoms. The van der Waals surface area contributed by atoms with Gasteiger partial charge in [0.25, 0.3) is 0 Å². The molecular formula is C9H18O. The molecule has 0 aliphatic carbocycles. The van der Waals surface area contributed by atoms with Crippen molar-refractivity contribution in [3.8, 4) is 0 Å². The van der Waals surface area contributed by atoms with Crippen LogP contribution in [0.3, 0.4) is 0 Å².